The lowest BCUT2D eigenvalue weighted by molar-refractivity contribution is 0.377. The minimum atomic E-state index is -0.00550. The van der Waals surface area contributed by atoms with Crippen molar-refractivity contribution in [3.05, 3.63) is 40.7 Å². The van der Waals surface area contributed by atoms with E-state index in [2.05, 4.69) is 22.9 Å². The zero-order valence-corrected chi connectivity index (χ0v) is 12.5. The Hall–Kier alpha value is -1.81. The van der Waals surface area contributed by atoms with Crippen LogP contribution in [0.1, 0.15) is 32.6 Å². The summed E-state index contributed by atoms with van der Waals surface area (Å²) in [5.41, 5.74) is 5.99. The van der Waals surface area contributed by atoms with Crippen molar-refractivity contribution in [1.29, 1.82) is 0 Å². The smallest absolute Gasteiger partial charge is 0.257 e. The lowest BCUT2D eigenvalue weighted by atomic mass is 9.90. The molecule has 1 heterocycles. The van der Waals surface area contributed by atoms with E-state index in [1.807, 2.05) is 24.3 Å². The maximum Gasteiger partial charge on any atom is 0.257 e. The molecule has 1 fully saturated rings. The monoisotopic (exact) mass is 285 g/mol. The van der Waals surface area contributed by atoms with Gasteiger partial charge in [0.2, 0.25) is 0 Å². The van der Waals surface area contributed by atoms with Crippen molar-refractivity contribution in [1.82, 2.24) is 4.98 Å². The number of hydrogen-bond acceptors (Lipinski definition) is 3. The number of hydrogen-bond donors (Lipinski definition) is 2. The summed E-state index contributed by atoms with van der Waals surface area (Å²) < 4.78 is 0. The second kappa shape index (κ2) is 5.90. The van der Waals surface area contributed by atoms with Crippen LogP contribution in [0.5, 0.6) is 0 Å². The van der Waals surface area contributed by atoms with Crippen molar-refractivity contribution in [2.45, 2.75) is 44.7 Å². The number of rotatable bonds is 3. The van der Waals surface area contributed by atoms with Crippen LogP contribution in [0.3, 0.4) is 0 Å². The first-order valence-electron chi connectivity index (χ1n) is 7.83. The summed E-state index contributed by atoms with van der Waals surface area (Å²) in [4.78, 5) is 17.6. The van der Waals surface area contributed by atoms with Gasteiger partial charge in [0.15, 0.2) is 0 Å². The van der Waals surface area contributed by atoms with Crippen molar-refractivity contribution >= 4 is 16.6 Å². The quantitative estimate of drug-likeness (QED) is 0.911. The Morgan fingerprint density at radius 1 is 1.24 bits per heavy atom. The van der Waals surface area contributed by atoms with E-state index in [0.717, 1.165) is 48.8 Å². The van der Waals surface area contributed by atoms with Gasteiger partial charge in [0.1, 0.15) is 5.82 Å². The molecule has 0 bridgehead atoms. The van der Waals surface area contributed by atoms with Crippen molar-refractivity contribution in [3.63, 3.8) is 0 Å². The Morgan fingerprint density at radius 3 is 2.67 bits per heavy atom. The molecular formula is C17H23N3O. The molecule has 3 rings (SSSR count). The molecule has 3 N–H and O–H groups in total. The molecule has 21 heavy (non-hydrogen) atoms. The molecule has 0 unspecified atom stereocenters. The standard InChI is InChI=1S/C17H23N3O/c1-2-20(14-9-7-13(18)8-10-14)16-11-12-5-3-4-6-15(12)17(21)19-16/h3-6,11,13-14H,2,7-10,18H2,1H3,(H,19,21). The second-order valence-corrected chi connectivity index (χ2v) is 5.93. The summed E-state index contributed by atoms with van der Waals surface area (Å²) in [6, 6.07) is 10.7. The Kier molecular flexibility index (Phi) is 3.97. The zero-order chi connectivity index (χ0) is 14.8. The summed E-state index contributed by atoms with van der Waals surface area (Å²) in [6.07, 6.45) is 4.34. The molecule has 1 aromatic heterocycles. The molecule has 4 nitrogen and oxygen atoms in total. The minimum absolute atomic E-state index is 0.00550. The normalized spacial score (nSPS) is 22.4. The van der Waals surface area contributed by atoms with Crippen LogP contribution in [0, 0.1) is 0 Å². The Bertz CT molecular complexity index is 671. The topological polar surface area (TPSA) is 62.1 Å². The predicted octanol–water partition coefficient (Wildman–Crippen LogP) is 2.62. The van der Waals surface area contributed by atoms with Crippen LogP contribution in [-0.4, -0.2) is 23.6 Å². The van der Waals surface area contributed by atoms with Gasteiger partial charge in [-0.1, -0.05) is 18.2 Å². The highest BCUT2D eigenvalue weighted by atomic mass is 16.1. The van der Waals surface area contributed by atoms with Crippen molar-refractivity contribution in [3.8, 4) is 0 Å². The van der Waals surface area contributed by atoms with Crippen LogP contribution in [0.25, 0.3) is 10.8 Å². The summed E-state index contributed by atoms with van der Waals surface area (Å²) in [5.74, 6) is 0.932. The number of nitrogens with zero attached hydrogens (tertiary/aromatic N) is 1. The van der Waals surface area contributed by atoms with Gasteiger partial charge >= 0.3 is 0 Å². The van der Waals surface area contributed by atoms with Crippen molar-refractivity contribution < 1.29 is 0 Å². The molecule has 0 amide bonds. The van der Waals surface area contributed by atoms with E-state index >= 15 is 0 Å². The van der Waals surface area contributed by atoms with Crippen molar-refractivity contribution in [2.75, 3.05) is 11.4 Å². The van der Waals surface area contributed by atoms with E-state index in [1.54, 1.807) is 0 Å². The summed E-state index contributed by atoms with van der Waals surface area (Å²) >= 11 is 0. The lowest BCUT2D eigenvalue weighted by Gasteiger charge is -2.36. The van der Waals surface area contributed by atoms with E-state index in [1.165, 1.54) is 0 Å². The molecular weight excluding hydrogens is 262 g/mol. The maximum atomic E-state index is 12.3. The molecule has 2 aromatic rings. The minimum Gasteiger partial charge on any atom is -0.355 e. The summed E-state index contributed by atoms with van der Waals surface area (Å²) in [7, 11) is 0. The number of benzene rings is 1. The Labute approximate surface area is 125 Å². The Morgan fingerprint density at radius 2 is 1.95 bits per heavy atom. The molecule has 4 heteroatoms. The van der Waals surface area contributed by atoms with Gasteiger partial charge in [-0.05, 0) is 50.1 Å². The van der Waals surface area contributed by atoms with Gasteiger partial charge in [-0.2, -0.15) is 0 Å². The fourth-order valence-corrected chi connectivity index (χ4v) is 3.39. The molecule has 0 saturated heterocycles. The molecule has 1 aliphatic carbocycles. The summed E-state index contributed by atoms with van der Waals surface area (Å²) in [5, 5.41) is 1.75. The highest BCUT2D eigenvalue weighted by molar-refractivity contribution is 5.83. The fourth-order valence-electron chi connectivity index (χ4n) is 3.39. The van der Waals surface area contributed by atoms with Gasteiger partial charge in [0, 0.05) is 24.0 Å². The van der Waals surface area contributed by atoms with Crippen LogP contribution in [0.15, 0.2) is 35.1 Å². The van der Waals surface area contributed by atoms with Gasteiger partial charge in [-0.3, -0.25) is 4.79 Å². The van der Waals surface area contributed by atoms with Gasteiger partial charge in [-0.15, -0.1) is 0 Å². The molecule has 1 aliphatic rings. The maximum absolute atomic E-state index is 12.3. The van der Waals surface area contributed by atoms with Gasteiger partial charge in [0.05, 0.1) is 0 Å². The van der Waals surface area contributed by atoms with E-state index in [4.69, 9.17) is 5.73 Å². The molecule has 1 aromatic carbocycles. The number of nitrogens with two attached hydrogens (primary N) is 1. The predicted molar refractivity (Wildman–Crippen MR) is 87.8 cm³/mol. The third-order valence-corrected chi connectivity index (χ3v) is 4.57. The number of aromatic amines is 1. The Balaban J connectivity index is 1.95. The number of nitrogens with one attached hydrogen (secondary N) is 1. The van der Waals surface area contributed by atoms with Gasteiger partial charge in [0.25, 0.3) is 5.56 Å². The molecule has 1 saturated carbocycles. The van der Waals surface area contributed by atoms with E-state index in [0.29, 0.717) is 12.1 Å². The number of pyridine rings is 1. The SMILES string of the molecule is CCN(c1cc2ccccc2c(=O)[nH]1)C1CCC(N)CC1. The fraction of sp³-hybridized carbons (Fsp3) is 0.471. The van der Waals surface area contributed by atoms with Gasteiger partial charge < -0.3 is 15.6 Å². The molecule has 0 radical (unpaired) electrons. The average Bonchev–Trinajstić information content (AvgIpc) is 2.50. The van der Waals surface area contributed by atoms with Crippen LogP contribution in [-0.2, 0) is 0 Å². The highest BCUT2D eigenvalue weighted by Crippen LogP contribution is 2.26. The van der Waals surface area contributed by atoms with Crippen molar-refractivity contribution in [2.24, 2.45) is 5.73 Å². The molecule has 112 valence electrons. The number of H-pyrrole nitrogens is 1. The largest absolute Gasteiger partial charge is 0.355 e. The number of anilines is 1. The first kappa shape index (κ1) is 14.1. The second-order valence-electron chi connectivity index (χ2n) is 5.93. The van der Waals surface area contributed by atoms with Crippen LogP contribution in [0.2, 0.25) is 0 Å². The van der Waals surface area contributed by atoms with Crippen LogP contribution >= 0.6 is 0 Å². The highest BCUT2D eigenvalue weighted by Gasteiger charge is 2.24. The van der Waals surface area contributed by atoms with E-state index < -0.39 is 0 Å². The third kappa shape index (κ3) is 2.81. The zero-order valence-electron chi connectivity index (χ0n) is 12.5. The third-order valence-electron chi connectivity index (χ3n) is 4.57. The number of fused-ring (bicyclic) bond motifs is 1. The van der Waals surface area contributed by atoms with Gasteiger partial charge in [-0.25, -0.2) is 0 Å². The summed E-state index contributed by atoms with van der Waals surface area (Å²) in [6.45, 7) is 3.04. The number of aromatic nitrogens is 1. The lowest BCUT2D eigenvalue weighted by Crippen LogP contribution is -2.41. The van der Waals surface area contributed by atoms with E-state index in [-0.39, 0.29) is 5.56 Å². The molecule has 0 spiro atoms. The average molecular weight is 285 g/mol. The molecule has 0 atom stereocenters. The van der Waals surface area contributed by atoms with Crippen LogP contribution in [0.4, 0.5) is 5.82 Å². The van der Waals surface area contributed by atoms with Crippen LogP contribution < -0.4 is 16.2 Å². The first-order valence-corrected chi connectivity index (χ1v) is 7.83. The molecule has 0 aliphatic heterocycles. The van der Waals surface area contributed by atoms with E-state index in [9.17, 15) is 4.79 Å². The first-order chi connectivity index (χ1) is 10.2.